The summed E-state index contributed by atoms with van der Waals surface area (Å²) < 4.78 is 0. The molecule has 144 valence electrons. The Hall–Kier alpha value is -2.17. The van der Waals surface area contributed by atoms with E-state index in [4.69, 9.17) is 0 Å². The van der Waals surface area contributed by atoms with Crippen LogP contribution in [0.2, 0.25) is 0 Å². The van der Waals surface area contributed by atoms with Gasteiger partial charge < -0.3 is 4.90 Å². The first-order valence-corrected chi connectivity index (χ1v) is 10.4. The minimum absolute atomic E-state index is 0.0213. The third-order valence-corrected chi connectivity index (χ3v) is 6.40. The van der Waals surface area contributed by atoms with Crippen LogP contribution in [0, 0.1) is 5.92 Å². The van der Waals surface area contributed by atoms with Crippen LogP contribution in [0.5, 0.6) is 0 Å². The van der Waals surface area contributed by atoms with Crippen molar-refractivity contribution in [2.24, 2.45) is 5.92 Å². The number of carbonyl (C=O) groups is 3. The molecule has 1 aromatic carbocycles. The molecule has 1 atom stereocenters. The van der Waals surface area contributed by atoms with E-state index < -0.39 is 6.04 Å². The zero-order valence-corrected chi connectivity index (χ0v) is 15.8. The summed E-state index contributed by atoms with van der Waals surface area (Å²) in [7, 11) is 0. The molecular formula is C22H28N2O3. The molecule has 0 N–H and O–H groups in total. The third-order valence-electron chi connectivity index (χ3n) is 6.40. The average Bonchev–Trinajstić information content (AvgIpc) is 3.32. The van der Waals surface area contributed by atoms with E-state index in [2.05, 4.69) is 0 Å². The summed E-state index contributed by atoms with van der Waals surface area (Å²) in [5.41, 5.74) is 0.603. The number of amides is 3. The van der Waals surface area contributed by atoms with Crippen LogP contribution in [0.15, 0.2) is 30.3 Å². The van der Waals surface area contributed by atoms with E-state index in [1.165, 1.54) is 11.3 Å². The van der Waals surface area contributed by atoms with Crippen molar-refractivity contribution in [2.45, 2.75) is 76.3 Å². The Morgan fingerprint density at radius 3 is 2.19 bits per heavy atom. The minimum atomic E-state index is -0.629. The third kappa shape index (κ3) is 3.52. The van der Waals surface area contributed by atoms with Crippen LogP contribution in [0.3, 0.4) is 0 Å². The molecule has 3 aliphatic rings. The summed E-state index contributed by atoms with van der Waals surface area (Å²) in [6.45, 7) is 0. The van der Waals surface area contributed by atoms with Gasteiger partial charge in [-0.05, 0) is 37.8 Å². The lowest BCUT2D eigenvalue weighted by Crippen LogP contribution is -2.52. The van der Waals surface area contributed by atoms with Crippen molar-refractivity contribution in [3.8, 4) is 0 Å². The highest BCUT2D eigenvalue weighted by molar-refractivity contribution is 6.23. The zero-order valence-electron chi connectivity index (χ0n) is 15.8. The first-order valence-electron chi connectivity index (χ1n) is 10.4. The molecule has 0 spiro atoms. The van der Waals surface area contributed by atoms with Crippen LogP contribution in [0.25, 0.3) is 0 Å². The molecule has 0 radical (unpaired) electrons. The molecule has 2 aliphatic carbocycles. The van der Waals surface area contributed by atoms with Crippen molar-refractivity contribution >= 4 is 23.4 Å². The molecule has 3 amide bonds. The lowest BCUT2D eigenvalue weighted by atomic mass is 9.87. The van der Waals surface area contributed by atoms with Gasteiger partial charge in [0.1, 0.15) is 6.04 Å². The molecule has 1 saturated heterocycles. The highest BCUT2D eigenvalue weighted by atomic mass is 16.2. The maximum Gasteiger partial charge on any atom is 0.257 e. The van der Waals surface area contributed by atoms with Gasteiger partial charge in [0.25, 0.3) is 5.91 Å². The van der Waals surface area contributed by atoms with Crippen LogP contribution in [-0.4, -0.2) is 34.7 Å². The molecule has 4 rings (SSSR count). The van der Waals surface area contributed by atoms with E-state index in [1.54, 1.807) is 12.1 Å². The van der Waals surface area contributed by atoms with Crippen LogP contribution < -0.4 is 4.90 Å². The fourth-order valence-corrected chi connectivity index (χ4v) is 5.01. The van der Waals surface area contributed by atoms with Gasteiger partial charge in [-0.2, -0.15) is 0 Å². The Bertz CT molecular complexity index is 706. The van der Waals surface area contributed by atoms with Crippen molar-refractivity contribution in [3.05, 3.63) is 30.3 Å². The fraction of sp³-hybridized carbons (Fsp3) is 0.591. The molecule has 0 bridgehead atoms. The summed E-state index contributed by atoms with van der Waals surface area (Å²) >= 11 is 0. The second-order valence-electron chi connectivity index (χ2n) is 8.14. The van der Waals surface area contributed by atoms with Gasteiger partial charge >= 0.3 is 0 Å². The van der Waals surface area contributed by atoms with Crippen LogP contribution in [0.1, 0.15) is 64.2 Å². The number of imide groups is 1. The van der Waals surface area contributed by atoms with E-state index in [0.717, 1.165) is 51.4 Å². The van der Waals surface area contributed by atoms with Gasteiger partial charge in [-0.1, -0.05) is 50.3 Å². The summed E-state index contributed by atoms with van der Waals surface area (Å²) in [4.78, 5) is 42.4. The SMILES string of the molecule is O=C1CC(N(C(=O)C2CCCCC2)C2CCCC2)C(=O)N1c1ccccc1. The first kappa shape index (κ1) is 18.2. The van der Waals surface area contributed by atoms with Crippen LogP contribution in [-0.2, 0) is 14.4 Å². The Kier molecular flexibility index (Phi) is 5.28. The van der Waals surface area contributed by atoms with Gasteiger partial charge in [0.2, 0.25) is 11.8 Å². The normalized spacial score (nSPS) is 24.6. The number of para-hydroxylation sites is 1. The van der Waals surface area contributed by atoms with Gasteiger partial charge in [-0.25, -0.2) is 4.90 Å². The van der Waals surface area contributed by atoms with Crippen LogP contribution in [0.4, 0.5) is 5.69 Å². The standard InChI is InChI=1S/C22H28N2O3/c25-20-15-19(22(27)24(20)18-11-5-2-6-12-18)23(17-13-7-8-14-17)21(26)16-9-3-1-4-10-16/h2,5-6,11-12,16-17,19H,1,3-4,7-10,13-15H2. The second kappa shape index (κ2) is 7.83. The minimum Gasteiger partial charge on any atom is -0.327 e. The highest BCUT2D eigenvalue weighted by Crippen LogP contribution is 2.35. The topological polar surface area (TPSA) is 57.7 Å². The highest BCUT2D eigenvalue weighted by Gasteiger charge is 2.47. The molecule has 2 saturated carbocycles. The molecule has 3 fully saturated rings. The number of rotatable bonds is 4. The molecule has 1 unspecified atom stereocenters. The molecule has 1 aliphatic heterocycles. The maximum atomic E-state index is 13.4. The molecule has 0 aromatic heterocycles. The van der Waals surface area contributed by atoms with E-state index >= 15 is 0 Å². The molecule has 27 heavy (non-hydrogen) atoms. The van der Waals surface area contributed by atoms with Gasteiger partial charge in [0.15, 0.2) is 0 Å². The Morgan fingerprint density at radius 2 is 1.52 bits per heavy atom. The van der Waals surface area contributed by atoms with Gasteiger partial charge in [0, 0.05) is 12.0 Å². The number of anilines is 1. The zero-order chi connectivity index (χ0) is 18.8. The maximum absolute atomic E-state index is 13.4. The van der Waals surface area contributed by atoms with Crippen molar-refractivity contribution in [3.63, 3.8) is 0 Å². The van der Waals surface area contributed by atoms with E-state index in [-0.39, 0.29) is 36.1 Å². The Balaban J connectivity index is 1.61. The molecule has 1 aromatic rings. The monoisotopic (exact) mass is 368 g/mol. The number of hydrogen-bond donors (Lipinski definition) is 0. The largest absolute Gasteiger partial charge is 0.327 e. The Labute approximate surface area is 160 Å². The smallest absolute Gasteiger partial charge is 0.257 e. The summed E-state index contributed by atoms with van der Waals surface area (Å²) in [6.07, 6.45) is 9.39. The molecular weight excluding hydrogens is 340 g/mol. The van der Waals surface area contributed by atoms with Crippen LogP contribution >= 0.6 is 0 Å². The van der Waals surface area contributed by atoms with Gasteiger partial charge in [-0.3, -0.25) is 14.4 Å². The fourth-order valence-electron chi connectivity index (χ4n) is 5.01. The first-order chi connectivity index (χ1) is 13.2. The van der Waals surface area contributed by atoms with Crippen molar-refractivity contribution in [1.29, 1.82) is 0 Å². The Morgan fingerprint density at radius 1 is 0.889 bits per heavy atom. The second-order valence-corrected chi connectivity index (χ2v) is 8.14. The molecule has 1 heterocycles. The van der Waals surface area contributed by atoms with Crippen molar-refractivity contribution in [1.82, 2.24) is 4.90 Å². The predicted octanol–water partition coefficient (Wildman–Crippen LogP) is 3.67. The average molecular weight is 368 g/mol. The van der Waals surface area contributed by atoms with E-state index in [9.17, 15) is 14.4 Å². The molecule has 5 heteroatoms. The van der Waals surface area contributed by atoms with E-state index in [0.29, 0.717) is 5.69 Å². The quantitative estimate of drug-likeness (QED) is 0.762. The van der Waals surface area contributed by atoms with Gasteiger partial charge in [-0.15, -0.1) is 0 Å². The lowest BCUT2D eigenvalue weighted by Gasteiger charge is -2.36. The van der Waals surface area contributed by atoms with Gasteiger partial charge in [0.05, 0.1) is 12.1 Å². The van der Waals surface area contributed by atoms with E-state index in [1.807, 2.05) is 23.1 Å². The molecule has 5 nitrogen and oxygen atoms in total. The summed E-state index contributed by atoms with van der Waals surface area (Å²) in [5, 5.41) is 0. The summed E-state index contributed by atoms with van der Waals surface area (Å²) in [5.74, 6) is -0.298. The number of hydrogen-bond acceptors (Lipinski definition) is 3. The predicted molar refractivity (Wildman–Crippen MR) is 103 cm³/mol. The number of nitrogens with zero attached hydrogens (tertiary/aromatic N) is 2. The lowest BCUT2D eigenvalue weighted by molar-refractivity contribution is -0.145. The number of benzene rings is 1. The van der Waals surface area contributed by atoms with Crippen molar-refractivity contribution in [2.75, 3.05) is 4.90 Å². The number of carbonyl (C=O) groups excluding carboxylic acids is 3. The summed E-state index contributed by atoms with van der Waals surface area (Å²) in [6, 6.07) is 8.55. The van der Waals surface area contributed by atoms with Crippen molar-refractivity contribution < 1.29 is 14.4 Å².